The molecule has 1 unspecified atom stereocenters. The predicted octanol–water partition coefficient (Wildman–Crippen LogP) is 4.23. The largest absolute Gasteiger partial charge is 0.349 e. The molecule has 0 spiro atoms. The zero-order valence-electron chi connectivity index (χ0n) is 13.5. The van der Waals surface area contributed by atoms with E-state index >= 15 is 0 Å². The van der Waals surface area contributed by atoms with E-state index in [0.29, 0.717) is 6.04 Å². The molecular formula is C18H25N3S. The first kappa shape index (κ1) is 15.5. The van der Waals surface area contributed by atoms with Gasteiger partial charge >= 0.3 is 0 Å². The van der Waals surface area contributed by atoms with Crippen LogP contribution >= 0.6 is 11.3 Å². The van der Waals surface area contributed by atoms with Crippen LogP contribution < -0.4 is 10.2 Å². The van der Waals surface area contributed by atoms with E-state index < -0.39 is 0 Å². The Kier molecular flexibility index (Phi) is 5.11. The van der Waals surface area contributed by atoms with Gasteiger partial charge in [-0.25, -0.2) is 4.98 Å². The minimum absolute atomic E-state index is 0.486. The summed E-state index contributed by atoms with van der Waals surface area (Å²) in [6.07, 6.45) is 4.72. The quantitative estimate of drug-likeness (QED) is 0.790. The second-order valence-corrected chi connectivity index (χ2v) is 6.98. The van der Waals surface area contributed by atoms with Crippen molar-refractivity contribution in [2.24, 2.45) is 5.92 Å². The molecule has 3 nitrogen and oxygen atoms in total. The zero-order valence-corrected chi connectivity index (χ0v) is 14.3. The van der Waals surface area contributed by atoms with Gasteiger partial charge in [-0.15, -0.1) is 11.3 Å². The van der Waals surface area contributed by atoms with E-state index in [1.165, 1.54) is 23.3 Å². The number of anilines is 1. The summed E-state index contributed by atoms with van der Waals surface area (Å²) in [6, 6.07) is 11.3. The molecule has 1 aliphatic rings. The van der Waals surface area contributed by atoms with Crippen molar-refractivity contribution in [2.45, 2.75) is 39.3 Å². The maximum atomic E-state index is 4.57. The van der Waals surface area contributed by atoms with E-state index in [-0.39, 0.29) is 0 Å². The number of benzene rings is 1. The highest BCUT2D eigenvalue weighted by atomic mass is 32.1. The summed E-state index contributed by atoms with van der Waals surface area (Å²) in [7, 11) is 0. The van der Waals surface area contributed by atoms with E-state index in [1.807, 2.05) is 17.5 Å². The van der Waals surface area contributed by atoms with Gasteiger partial charge in [-0.3, -0.25) is 0 Å². The normalized spacial score (nSPS) is 15.7. The Morgan fingerprint density at radius 2 is 1.95 bits per heavy atom. The van der Waals surface area contributed by atoms with Crippen LogP contribution in [0.1, 0.15) is 43.2 Å². The lowest BCUT2D eigenvalue weighted by molar-refractivity contribution is 0.482. The van der Waals surface area contributed by atoms with Crippen molar-refractivity contribution < 1.29 is 0 Å². The van der Waals surface area contributed by atoms with E-state index in [1.54, 1.807) is 0 Å². The predicted molar refractivity (Wildman–Crippen MR) is 94.4 cm³/mol. The average Bonchev–Trinajstić information content (AvgIpc) is 3.29. The number of thiazole rings is 1. The van der Waals surface area contributed by atoms with Gasteiger partial charge in [0.15, 0.2) is 5.13 Å². The van der Waals surface area contributed by atoms with Crippen LogP contribution in [0.3, 0.4) is 0 Å². The molecule has 1 saturated carbocycles. The summed E-state index contributed by atoms with van der Waals surface area (Å²) < 4.78 is 0. The Morgan fingerprint density at radius 3 is 2.59 bits per heavy atom. The lowest BCUT2D eigenvalue weighted by atomic mass is 10.0. The Balaban J connectivity index is 1.63. The van der Waals surface area contributed by atoms with E-state index in [0.717, 1.165) is 30.7 Å². The molecule has 0 saturated heterocycles. The van der Waals surface area contributed by atoms with Gasteiger partial charge in [0.25, 0.3) is 0 Å². The van der Waals surface area contributed by atoms with Crippen molar-refractivity contribution >= 4 is 16.5 Å². The van der Waals surface area contributed by atoms with Crippen molar-refractivity contribution in [1.82, 2.24) is 10.3 Å². The molecule has 3 rings (SSSR count). The Labute approximate surface area is 137 Å². The molecule has 1 aliphatic carbocycles. The number of rotatable bonds is 8. The monoisotopic (exact) mass is 315 g/mol. The number of hydrogen-bond donors (Lipinski definition) is 1. The smallest absolute Gasteiger partial charge is 0.185 e. The molecule has 2 aromatic rings. The Morgan fingerprint density at radius 1 is 1.23 bits per heavy atom. The van der Waals surface area contributed by atoms with Gasteiger partial charge < -0.3 is 10.2 Å². The van der Waals surface area contributed by atoms with Gasteiger partial charge in [0, 0.05) is 36.8 Å². The Bertz CT molecular complexity index is 573. The number of aromatic nitrogens is 1. The van der Waals surface area contributed by atoms with Crippen LogP contribution in [0.15, 0.2) is 36.5 Å². The highest BCUT2D eigenvalue weighted by Crippen LogP contribution is 2.41. The second kappa shape index (κ2) is 7.25. The maximum absolute atomic E-state index is 4.57. The van der Waals surface area contributed by atoms with Gasteiger partial charge in [0.05, 0.1) is 0 Å². The first-order valence-corrected chi connectivity index (χ1v) is 9.11. The van der Waals surface area contributed by atoms with Gasteiger partial charge in [-0.1, -0.05) is 30.3 Å². The van der Waals surface area contributed by atoms with Crippen molar-refractivity contribution in [3.05, 3.63) is 47.0 Å². The third kappa shape index (κ3) is 3.68. The van der Waals surface area contributed by atoms with Crippen LogP contribution in [-0.4, -0.2) is 18.1 Å². The number of hydrogen-bond acceptors (Lipinski definition) is 4. The molecular weight excluding hydrogens is 290 g/mol. The highest BCUT2D eigenvalue weighted by molar-refractivity contribution is 7.15. The first-order valence-electron chi connectivity index (χ1n) is 8.29. The fraction of sp³-hybridized carbons (Fsp3) is 0.500. The highest BCUT2D eigenvalue weighted by Gasteiger charge is 2.31. The molecule has 118 valence electrons. The van der Waals surface area contributed by atoms with Crippen LogP contribution in [0, 0.1) is 5.92 Å². The van der Waals surface area contributed by atoms with Gasteiger partial charge in [0.1, 0.15) is 0 Å². The summed E-state index contributed by atoms with van der Waals surface area (Å²) >= 11 is 1.81. The maximum Gasteiger partial charge on any atom is 0.185 e. The van der Waals surface area contributed by atoms with Crippen LogP contribution in [0.25, 0.3) is 0 Å². The SMILES string of the molecule is CCN(CC)c1ncc(CNC(c2ccccc2)C2CC2)s1. The Hall–Kier alpha value is -1.39. The summed E-state index contributed by atoms with van der Waals surface area (Å²) in [4.78, 5) is 8.21. The molecule has 4 heteroatoms. The van der Waals surface area contributed by atoms with Crippen molar-refractivity contribution in [3.63, 3.8) is 0 Å². The molecule has 1 heterocycles. The van der Waals surface area contributed by atoms with E-state index in [9.17, 15) is 0 Å². The lowest BCUT2D eigenvalue weighted by Gasteiger charge is -2.18. The van der Waals surface area contributed by atoms with E-state index in [2.05, 4.69) is 59.4 Å². The topological polar surface area (TPSA) is 28.2 Å². The molecule has 1 N–H and O–H groups in total. The standard InChI is InChI=1S/C18H25N3S/c1-3-21(4-2)18-20-13-16(22-18)12-19-17(15-10-11-15)14-8-6-5-7-9-14/h5-9,13,15,17,19H,3-4,10-12H2,1-2H3. The first-order chi connectivity index (χ1) is 10.8. The zero-order chi connectivity index (χ0) is 15.4. The number of nitrogens with one attached hydrogen (secondary N) is 1. The molecule has 0 radical (unpaired) electrons. The van der Waals surface area contributed by atoms with Crippen molar-refractivity contribution in [2.75, 3.05) is 18.0 Å². The molecule has 1 aromatic heterocycles. The molecule has 1 atom stereocenters. The minimum atomic E-state index is 0.486. The molecule has 1 fully saturated rings. The van der Waals surface area contributed by atoms with Gasteiger partial charge in [-0.2, -0.15) is 0 Å². The fourth-order valence-electron chi connectivity index (χ4n) is 2.88. The van der Waals surface area contributed by atoms with Crippen LogP contribution in [-0.2, 0) is 6.54 Å². The van der Waals surface area contributed by atoms with Gasteiger partial charge in [-0.05, 0) is 38.2 Å². The lowest BCUT2D eigenvalue weighted by Crippen LogP contribution is -2.22. The van der Waals surface area contributed by atoms with Crippen molar-refractivity contribution in [3.8, 4) is 0 Å². The average molecular weight is 315 g/mol. The van der Waals surface area contributed by atoms with E-state index in [4.69, 9.17) is 0 Å². The summed E-state index contributed by atoms with van der Waals surface area (Å²) in [6.45, 7) is 7.31. The minimum Gasteiger partial charge on any atom is -0.349 e. The second-order valence-electron chi connectivity index (χ2n) is 5.89. The van der Waals surface area contributed by atoms with Gasteiger partial charge in [0.2, 0.25) is 0 Å². The molecule has 22 heavy (non-hydrogen) atoms. The third-order valence-corrected chi connectivity index (χ3v) is 5.38. The van der Waals surface area contributed by atoms with Crippen LogP contribution in [0.5, 0.6) is 0 Å². The van der Waals surface area contributed by atoms with Crippen LogP contribution in [0.2, 0.25) is 0 Å². The summed E-state index contributed by atoms with van der Waals surface area (Å²) in [5, 5.41) is 4.90. The van der Waals surface area contributed by atoms with Crippen LogP contribution in [0.4, 0.5) is 5.13 Å². The number of nitrogens with zero attached hydrogens (tertiary/aromatic N) is 2. The molecule has 0 aliphatic heterocycles. The third-order valence-electron chi connectivity index (χ3n) is 4.32. The summed E-state index contributed by atoms with van der Waals surface area (Å²) in [5.41, 5.74) is 1.42. The molecule has 0 amide bonds. The van der Waals surface area contributed by atoms with Crippen molar-refractivity contribution in [1.29, 1.82) is 0 Å². The molecule has 0 bridgehead atoms. The fourth-order valence-corrected chi connectivity index (χ4v) is 3.86. The summed E-state index contributed by atoms with van der Waals surface area (Å²) in [5.74, 6) is 0.803. The molecule has 1 aromatic carbocycles.